The molecule has 0 atom stereocenters. The van der Waals surface area contributed by atoms with Crippen LogP contribution in [0, 0.1) is 0 Å². The molecule has 0 aliphatic carbocycles. The van der Waals surface area contributed by atoms with Crippen LogP contribution < -0.4 is 14.8 Å². The zero-order chi connectivity index (χ0) is 19.7. The first kappa shape index (κ1) is 18.9. The molecule has 2 aliphatic rings. The minimum Gasteiger partial charge on any atom is -0.454 e. The SMILES string of the molecule is CCS(=O)(=O)N1CCc2nc(NC(=O)/C=C/c3ccc4c(c3)OCO4)sc2C1. The molecule has 1 amide bonds. The van der Waals surface area contributed by atoms with Gasteiger partial charge in [0.05, 0.1) is 11.4 Å². The minimum absolute atomic E-state index is 0.0788. The van der Waals surface area contributed by atoms with Crippen molar-refractivity contribution in [1.82, 2.24) is 9.29 Å². The molecule has 8 nitrogen and oxygen atoms in total. The summed E-state index contributed by atoms with van der Waals surface area (Å²) in [4.78, 5) is 17.5. The third-order valence-electron chi connectivity index (χ3n) is 4.51. The number of carbonyl (C=O) groups excluding carboxylic acids is 1. The average molecular weight is 422 g/mol. The van der Waals surface area contributed by atoms with Gasteiger partial charge in [0.15, 0.2) is 16.6 Å². The standard InChI is InChI=1S/C18H19N3O5S2/c1-2-28(23,24)21-8-7-13-16(10-21)27-18(19-13)20-17(22)6-4-12-3-5-14-15(9-12)26-11-25-14/h3-6,9H,2,7-8,10-11H2,1H3,(H,19,20,22)/b6-4+. The third kappa shape index (κ3) is 3.89. The second-order valence-electron chi connectivity index (χ2n) is 6.31. The first-order valence-corrected chi connectivity index (χ1v) is 11.2. The summed E-state index contributed by atoms with van der Waals surface area (Å²) in [5.41, 5.74) is 1.67. The summed E-state index contributed by atoms with van der Waals surface area (Å²) >= 11 is 1.31. The maximum Gasteiger partial charge on any atom is 0.250 e. The summed E-state index contributed by atoms with van der Waals surface area (Å²) in [5, 5.41) is 3.22. The number of sulfonamides is 1. The third-order valence-corrected chi connectivity index (χ3v) is 7.33. The Morgan fingerprint density at radius 2 is 2.18 bits per heavy atom. The Kier molecular flexibility index (Phi) is 5.09. The number of amides is 1. The van der Waals surface area contributed by atoms with Gasteiger partial charge in [-0.15, -0.1) is 11.3 Å². The Bertz CT molecular complexity index is 1050. The average Bonchev–Trinajstić information content (AvgIpc) is 3.31. The van der Waals surface area contributed by atoms with E-state index in [2.05, 4.69) is 10.3 Å². The first-order chi connectivity index (χ1) is 13.4. The van der Waals surface area contributed by atoms with Crippen LogP contribution in [0.4, 0.5) is 5.13 Å². The lowest BCUT2D eigenvalue weighted by Crippen LogP contribution is -2.36. The van der Waals surface area contributed by atoms with E-state index in [9.17, 15) is 13.2 Å². The molecule has 0 bridgehead atoms. The van der Waals surface area contributed by atoms with Crippen LogP contribution in [-0.2, 0) is 27.8 Å². The molecule has 1 aromatic heterocycles. The number of benzene rings is 1. The molecular weight excluding hydrogens is 402 g/mol. The summed E-state index contributed by atoms with van der Waals surface area (Å²) < 4.78 is 36.2. The summed E-state index contributed by atoms with van der Waals surface area (Å²) in [6.07, 6.45) is 3.65. The number of hydrogen-bond donors (Lipinski definition) is 1. The van der Waals surface area contributed by atoms with E-state index in [1.807, 2.05) is 6.07 Å². The normalized spacial score (nSPS) is 16.3. The number of fused-ring (bicyclic) bond motifs is 2. The van der Waals surface area contributed by atoms with Crippen LogP contribution in [0.2, 0.25) is 0 Å². The Balaban J connectivity index is 1.41. The fourth-order valence-corrected chi connectivity index (χ4v) is 5.15. The molecule has 10 heteroatoms. The zero-order valence-electron chi connectivity index (χ0n) is 15.2. The van der Waals surface area contributed by atoms with Crippen LogP contribution in [0.5, 0.6) is 11.5 Å². The fourth-order valence-electron chi connectivity index (χ4n) is 2.98. The van der Waals surface area contributed by atoms with Gasteiger partial charge in [-0.3, -0.25) is 10.1 Å². The molecule has 0 saturated carbocycles. The van der Waals surface area contributed by atoms with Gasteiger partial charge in [0.25, 0.3) is 0 Å². The predicted molar refractivity (Wildman–Crippen MR) is 106 cm³/mol. The Morgan fingerprint density at radius 1 is 1.36 bits per heavy atom. The highest BCUT2D eigenvalue weighted by Crippen LogP contribution is 2.33. The van der Waals surface area contributed by atoms with E-state index in [-0.39, 0.29) is 18.5 Å². The number of carbonyl (C=O) groups is 1. The summed E-state index contributed by atoms with van der Waals surface area (Å²) in [6, 6.07) is 5.43. The minimum atomic E-state index is -3.23. The first-order valence-electron chi connectivity index (χ1n) is 8.80. The molecule has 0 spiro atoms. The number of ether oxygens (including phenoxy) is 2. The van der Waals surface area contributed by atoms with Crippen molar-refractivity contribution in [3.63, 3.8) is 0 Å². The number of hydrogen-bond acceptors (Lipinski definition) is 7. The van der Waals surface area contributed by atoms with Gasteiger partial charge in [-0.2, -0.15) is 4.31 Å². The van der Waals surface area contributed by atoms with Crippen molar-refractivity contribution in [2.24, 2.45) is 0 Å². The van der Waals surface area contributed by atoms with Crippen LogP contribution in [0.25, 0.3) is 6.08 Å². The van der Waals surface area contributed by atoms with Crippen molar-refractivity contribution < 1.29 is 22.7 Å². The Hall–Kier alpha value is -2.43. The highest BCUT2D eigenvalue weighted by molar-refractivity contribution is 7.89. The van der Waals surface area contributed by atoms with Gasteiger partial charge in [0, 0.05) is 30.5 Å². The van der Waals surface area contributed by atoms with Gasteiger partial charge in [0.2, 0.25) is 22.7 Å². The van der Waals surface area contributed by atoms with Crippen molar-refractivity contribution in [2.45, 2.75) is 19.9 Å². The lowest BCUT2D eigenvalue weighted by molar-refractivity contribution is -0.111. The highest BCUT2D eigenvalue weighted by Gasteiger charge is 2.28. The number of aromatic nitrogens is 1. The number of rotatable bonds is 5. The van der Waals surface area contributed by atoms with Gasteiger partial charge < -0.3 is 9.47 Å². The molecule has 1 N–H and O–H groups in total. The van der Waals surface area contributed by atoms with Crippen LogP contribution in [0.1, 0.15) is 23.1 Å². The molecule has 0 unspecified atom stereocenters. The molecule has 4 rings (SSSR count). The van der Waals surface area contributed by atoms with Gasteiger partial charge in [-0.1, -0.05) is 6.07 Å². The monoisotopic (exact) mass is 421 g/mol. The van der Waals surface area contributed by atoms with Crippen LogP contribution in [0.3, 0.4) is 0 Å². The molecule has 2 aliphatic heterocycles. The maximum absolute atomic E-state index is 12.2. The van der Waals surface area contributed by atoms with E-state index in [1.165, 1.54) is 21.7 Å². The van der Waals surface area contributed by atoms with Crippen LogP contribution in [-0.4, -0.2) is 42.7 Å². The van der Waals surface area contributed by atoms with E-state index in [0.717, 1.165) is 16.1 Å². The van der Waals surface area contributed by atoms with Gasteiger partial charge >= 0.3 is 0 Å². The largest absolute Gasteiger partial charge is 0.454 e. The topological polar surface area (TPSA) is 97.8 Å². The molecule has 0 saturated heterocycles. The van der Waals surface area contributed by atoms with Crippen molar-refractivity contribution >= 4 is 38.5 Å². The van der Waals surface area contributed by atoms with Gasteiger partial charge in [-0.25, -0.2) is 13.4 Å². The van der Waals surface area contributed by atoms with E-state index in [0.29, 0.717) is 36.1 Å². The predicted octanol–water partition coefficient (Wildman–Crippen LogP) is 2.23. The molecule has 1 aromatic carbocycles. The summed E-state index contributed by atoms with van der Waals surface area (Å²) in [7, 11) is -3.23. The van der Waals surface area contributed by atoms with E-state index < -0.39 is 10.0 Å². The number of thiazole rings is 1. The van der Waals surface area contributed by atoms with Crippen LogP contribution in [0.15, 0.2) is 24.3 Å². The molecule has 28 heavy (non-hydrogen) atoms. The quantitative estimate of drug-likeness (QED) is 0.744. The number of anilines is 1. The smallest absolute Gasteiger partial charge is 0.250 e. The number of nitrogens with zero attached hydrogens (tertiary/aromatic N) is 2. The lowest BCUT2D eigenvalue weighted by atomic mass is 10.2. The Morgan fingerprint density at radius 3 is 3.00 bits per heavy atom. The van der Waals surface area contributed by atoms with E-state index in [1.54, 1.807) is 25.1 Å². The van der Waals surface area contributed by atoms with Crippen molar-refractivity contribution in [3.8, 4) is 11.5 Å². The second-order valence-corrected chi connectivity index (χ2v) is 9.65. The lowest BCUT2D eigenvalue weighted by Gasteiger charge is -2.24. The second kappa shape index (κ2) is 7.53. The molecule has 3 heterocycles. The van der Waals surface area contributed by atoms with Crippen molar-refractivity contribution in [1.29, 1.82) is 0 Å². The zero-order valence-corrected chi connectivity index (χ0v) is 16.8. The number of nitrogens with one attached hydrogen (secondary N) is 1. The molecule has 2 aromatic rings. The van der Waals surface area contributed by atoms with Gasteiger partial charge in [0.1, 0.15) is 0 Å². The maximum atomic E-state index is 12.2. The molecule has 148 valence electrons. The molecule has 0 fully saturated rings. The van der Waals surface area contributed by atoms with Crippen LogP contribution >= 0.6 is 11.3 Å². The van der Waals surface area contributed by atoms with Crippen molar-refractivity contribution in [2.75, 3.05) is 24.4 Å². The van der Waals surface area contributed by atoms with E-state index in [4.69, 9.17) is 9.47 Å². The Labute approximate surface area is 166 Å². The molecular formula is C18H19N3O5S2. The van der Waals surface area contributed by atoms with E-state index >= 15 is 0 Å². The molecule has 0 radical (unpaired) electrons. The van der Waals surface area contributed by atoms with Gasteiger partial charge in [-0.05, 0) is 30.7 Å². The van der Waals surface area contributed by atoms with Crippen molar-refractivity contribution in [3.05, 3.63) is 40.4 Å². The highest BCUT2D eigenvalue weighted by atomic mass is 32.2. The fraction of sp³-hybridized carbons (Fsp3) is 0.333. The summed E-state index contributed by atoms with van der Waals surface area (Å²) in [6.45, 7) is 2.57. The summed E-state index contributed by atoms with van der Waals surface area (Å²) in [5.74, 6) is 1.12.